The van der Waals surface area contributed by atoms with Crippen molar-refractivity contribution >= 4 is 47.0 Å². The van der Waals surface area contributed by atoms with Crippen LogP contribution < -0.4 is 0 Å². The molecule has 2 aliphatic rings. The van der Waals surface area contributed by atoms with Crippen molar-refractivity contribution in [2.75, 3.05) is 23.0 Å². The van der Waals surface area contributed by atoms with E-state index in [0.29, 0.717) is 0 Å². The molecular weight excluding hydrogens is 212 g/mol. The average molecular weight is 224 g/mol. The molecule has 64 valence electrons. The molecule has 0 saturated carbocycles. The molecule has 0 aromatic rings. The minimum absolute atomic E-state index is 0.904. The fourth-order valence-electron chi connectivity index (χ4n) is 1.20. The van der Waals surface area contributed by atoms with E-state index < -0.39 is 0 Å². The minimum atomic E-state index is 0.904. The smallest absolute Gasteiger partial charge is 0.0712 e. The van der Waals surface area contributed by atoms with Crippen LogP contribution in [0.1, 0.15) is 6.42 Å². The topological polar surface area (TPSA) is 0 Å². The Hall–Kier alpha value is 1.40. The van der Waals surface area contributed by atoms with E-state index in [1.807, 2.05) is 0 Å². The lowest BCUT2D eigenvalue weighted by atomic mass is 10.6. The van der Waals surface area contributed by atoms with E-state index in [1.165, 1.54) is 29.4 Å². The Bertz CT molecular complexity index is 116. The number of hydrogen-bond acceptors (Lipinski definition) is 4. The number of thioether (sulfide) groups is 4. The van der Waals surface area contributed by atoms with Crippen LogP contribution in [0.3, 0.4) is 0 Å². The Morgan fingerprint density at radius 2 is 1.09 bits per heavy atom. The molecule has 2 aliphatic heterocycles. The standard InChI is InChI=1S/C7H12S4/c1-2-8-6(9-3-1)7-10-4-5-11-7/h6-7H,1-5H2. The maximum absolute atomic E-state index is 2.18. The molecule has 0 bridgehead atoms. The van der Waals surface area contributed by atoms with Crippen molar-refractivity contribution in [3.8, 4) is 0 Å². The summed E-state index contributed by atoms with van der Waals surface area (Å²) in [5, 5.41) is 0. The van der Waals surface area contributed by atoms with Gasteiger partial charge in [0.25, 0.3) is 0 Å². The molecular formula is C7H12S4. The molecule has 0 aromatic carbocycles. The lowest BCUT2D eigenvalue weighted by Gasteiger charge is -2.24. The predicted octanol–water partition coefficient (Wildman–Crippen LogP) is 2.99. The van der Waals surface area contributed by atoms with Gasteiger partial charge in [0, 0.05) is 11.5 Å². The second-order valence-corrected chi connectivity index (χ2v) is 8.17. The summed E-state index contributed by atoms with van der Waals surface area (Å²) >= 11 is 8.70. The van der Waals surface area contributed by atoms with Crippen molar-refractivity contribution in [2.45, 2.75) is 15.6 Å². The van der Waals surface area contributed by atoms with Crippen molar-refractivity contribution in [1.29, 1.82) is 0 Å². The van der Waals surface area contributed by atoms with Crippen molar-refractivity contribution in [3.63, 3.8) is 0 Å². The van der Waals surface area contributed by atoms with Crippen molar-refractivity contribution in [2.24, 2.45) is 0 Å². The van der Waals surface area contributed by atoms with Crippen LogP contribution in [0.2, 0.25) is 0 Å². The van der Waals surface area contributed by atoms with Crippen LogP contribution in [0.5, 0.6) is 0 Å². The van der Waals surface area contributed by atoms with Gasteiger partial charge in [-0.2, -0.15) is 0 Å². The maximum atomic E-state index is 2.18. The third-order valence-corrected chi connectivity index (χ3v) is 8.63. The molecule has 0 aliphatic carbocycles. The van der Waals surface area contributed by atoms with Gasteiger partial charge in [-0.1, -0.05) is 0 Å². The highest BCUT2D eigenvalue weighted by Crippen LogP contribution is 2.45. The summed E-state index contributed by atoms with van der Waals surface area (Å²) in [4.78, 5) is 0. The van der Waals surface area contributed by atoms with E-state index in [9.17, 15) is 0 Å². The molecule has 0 amide bonds. The van der Waals surface area contributed by atoms with E-state index in [1.54, 1.807) is 0 Å². The Morgan fingerprint density at radius 3 is 1.64 bits per heavy atom. The Balaban J connectivity index is 1.82. The van der Waals surface area contributed by atoms with E-state index in [-0.39, 0.29) is 0 Å². The van der Waals surface area contributed by atoms with Crippen molar-refractivity contribution in [3.05, 3.63) is 0 Å². The molecule has 11 heavy (non-hydrogen) atoms. The number of hydrogen-bond donors (Lipinski definition) is 0. The first-order chi connectivity index (χ1) is 5.47. The monoisotopic (exact) mass is 224 g/mol. The Labute approximate surface area is 85.4 Å². The van der Waals surface area contributed by atoms with Gasteiger partial charge in [-0.15, -0.1) is 47.0 Å². The van der Waals surface area contributed by atoms with Crippen LogP contribution >= 0.6 is 47.0 Å². The normalized spacial score (nSPS) is 29.5. The summed E-state index contributed by atoms with van der Waals surface area (Å²) in [6.45, 7) is 0. The second kappa shape index (κ2) is 4.58. The first-order valence-corrected chi connectivity index (χ1v) is 8.13. The first-order valence-electron chi connectivity index (χ1n) is 3.93. The zero-order valence-corrected chi connectivity index (χ0v) is 9.59. The third-order valence-electron chi connectivity index (χ3n) is 1.72. The van der Waals surface area contributed by atoms with Crippen LogP contribution in [0.4, 0.5) is 0 Å². The first kappa shape index (κ1) is 8.97. The van der Waals surface area contributed by atoms with Gasteiger partial charge in [0.2, 0.25) is 0 Å². The SMILES string of the molecule is C1CSC(C2SCCS2)SC1. The molecule has 0 aromatic heterocycles. The van der Waals surface area contributed by atoms with Crippen LogP contribution in [-0.2, 0) is 0 Å². The molecule has 4 heteroatoms. The maximum Gasteiger partial charge on any atom is 0.0712 e. The predicted molar refractivity (Wildman–Crippen MR) is 62.0 cm³/mol. The van der Waals surface area contributed by atoms with E-state index in [0.717, 1.165) is 9.16 Å². The van der Waals surface area contributed by atoms with Crippen LogP contribution in [0.15, 0.2) is 0 Å². The highest BCUT2D eigenvalue weighted by Gasteiger charge is 2.28. The largest absolute Gasteiger partial charge is 0.146 e. The number of rotatable bonds is 1. The summed E-state index contributed by atoms with van der Waals surface area (Å²) in [5.41, 5.74) is 0. The molecule has 0 unspecified atom stereocenters. The van der Waals surface area contributed by atoms with Crippen molar-refractivity contribution in [1.82, 2.24) is 0 Å². The zero-order chi connectivity index (χ0) is 7.52. The minimum Gasteiger partial charge on any atom is -0.146 e. The molecule has 2 rings (SSSR count). The van der Waals surface area contributed by atoms with Gasteiger partial charge in [-0.3, -0.25) is 0 Å². The van der Waals surface area contributed by atoms with Crippen LogP contribution in [0, 0.1) is 0 Å². The van der Waals surface area contributed by atoms with Crippen LogP contribution in [0.25, 0.3) is 0 Å². The summed E-state index contributed by atoms with van der Waals surface area (Å²) in [6, 6.07) is 0. The second-order valence-electron chi connectivity index (χ2n) is 2.57. The van der Waals surface area contributed by atoms with Gasteiger partial charge in [0.05, 0.1) is 9.16 Å². The van der Waals surface area contributed by atoms with Crippen LogP contribution in [-0.4, -0.2) is 32.2 Å². The summed E-state index contributed by atoms with van der Waals surface area (Å²) in [5.74, 6) is 5.56. The third kappa shape index (κ3) is 2.42. The van der Waals surface area contributed by atoms with E-state index in [4.69, 9.17) is 0 Å². The molecule has 0 atom stereocenters. The quantitative estimate of drug-likeness (QED) is 0.671. The van der Waals surface area contributed by atoms with Gasteiger partial charge < -0.3 is 0 Å². The lowest BCUT2D eigenvalue weighted by Crippen LogP contribution is -2.15. The van der Waals surface area contributed by atoms with E-state index >= 15 is 0 Å². The summed E-state index contributed by atoms with van der Waals surface area (Å²) in [6.07, 6.45) is 1.42. The zero-order valence-electron chi connectivity index (χ0n) is 6.32. The average Bonchev–Trinajstić information content (AvgIpc) is 2.58. The highest BCUT2D eigenvalue weighted by atomic mass is 32.2. The van der Waals surface area contributed by atoms with Gasteiger partial charge in [0.15, 0.2) is 0 Å². The van der Waals surface area contributed by atoms with Gasteiger partial charge >= 0.3 is 0 Å². The molecule has 2 heterocycles. The molecule has 0 spiro atoms. The highest BCUT2D eigenvalue weighted by molar-refractivity contribution is 8.25. The molecule has 2 saturated heterocycles. The molecule has 0 N–H and O–H groups in total. The Morgan fingerprint density at radius 1 is 0.636 bits per heavy atom. The summed E-state index contributed by atoms with van der Waals surface area (Å²) < 4.78 is 1.81. The fraction of sp³-hybridized carbons (Fsp3) is 1.00. The summed E-state index contributed by atoms with van der Waals surface area (Å²) in [7, 11) is 0. The molecule has 0 nitrogen and oxygen atoms in total. The fourth-order valence-corrected chi connectivity index (χ4v) is 8.14. The Kier molecular flexibility index (Phi) is 3.74. The van der Waals surface area contributed by atoms with Gasteiger partial charge in [0.1, 0.15) is 0 Å². The lowest BCUT2D eigenvalue weighted by molar-refractivity contribution is 1.10. The van der Waals surface area contributed by atoms with Gasteiger partial charge in [-0.05, 0) is 17.9 Å². The van der Waals surface area contributed by atoms with Crippen molar-refractivity contribution < 1.29 is 0 Å². The van der Waals surface area contributed by atoms with Gasteiger partial charge in [-0.25, -0.2) is 0 Å². The molecule has 0 radical (unpaired) electrons. The van der Waals surface area contributed by atoms with E-state index in [2.05, 4.69) is 47.0 Å². The molecule has 2 fully saturated rings.